The Labute approximate surface area is 138 Å². The number of benzene rings is 2. The summed E-state index contributed by atoms with van der Waals surface area (Å²) in [5.74, 6) is -0.862. The van der Waals surface area contributed by atoms with Crippen molar-refractivity contribution >= 4 is 28.7 Å². The Morgan fingerprint density at radius 3 is 2.50 bits per heavy atom. The van der Waals surface area contributed by atoms with Crippen molar-refractivity contribution in [2.75, 3.05) is 5.32 Å². The fraction of sp³-hybridized carbons (Fsp3) is 0.167. The zero-order valence-electron chi connectivity index (χ0n) is 12.8. The van der Waals surface area contributed by atoms with Gasteiger partial charge in [-0.05, 0) is 49.2 Å². The second-order valence-corrected chi connectivity index (χ2v) is 5.34. The molecular formula is C18H15N2O4-. The lowest BCUT2D eigenvalue weighted by molar-refractivity contribution is -0.305. The van der Waals surface area contributed by atoms with Gasteiger partial charge in [-0.3, -0.25) is 4.79 Å². The van der Waals surface area contributed by atoms with E-state index in [9.17, 15) is 14.7 Å². The zero-order chi connectivity index (χ0) is 16.9. The summed E-state index contributed by atoms with van der Waals surface area (Å²) < 4.78 is 5.69. The standard InChI is InChI=1S/C18H16N2O4/c21-16(6-3-7-17(22)23)19-13-10-8-12(9-11-13)18-20-14-4-1-2-5-15(14)24-18/h1-2,4-5,8-11H,3,6-7H2,(H,19,21)(H,22,23)/p-1. The van der Waals surface area contributed by atoms with Gasteiger partial charge >= 0.3 is 0 Å². The summed E-state index contributed by atoms with van der Waals surface area (Å²) in [6, 6.07) is 14.6. The molecule has 24 heavy (non-hydrogen) atoms. The van der Waals surface area contributed by atoms with Crippen molar-refractivity contribution < 1.29 is 19.1 Å². The molecule has 1 N–H and O–H groups in total. The molecule has 122 valence electrons. The van der Waals surface area contributed by atoms with E-state index in [0.29, 0.717) is 11.6 Å². The molecule has 0 aliphatic heterocycles. The second-order valence-electron chi connectivity index (χ2n) is 5.34. The largest absolute Gasteiger partial charge is 0.550 e. The first-order chi connectivity index (χ1) is 11.6. The Hall–Kier alpha value is -3.15. The van der Waals surface area contributed by atoms with E-state index in [-0.39, 0.29) is 25.2 Å². The minimum absolute atomic E-state index is 0.121. The van der Waals surface area contributed by atoms with E-state index in [2.05, 4.69) is 10.3 Å². The van der Waals surface area contributed by atoms with Crippen molar-refractivity contribution in [2.24, 2.45) is 0 Å². The Kier molecular flexibility index (Phi) is 4.56. The van der Waals surface area contributed by atoms with Crippen molar-refractivity contribution in [3.05, 3.63) is 48.5 Å². The first-order valence-electron chi connectivity index (χ1n) is 7.57. The molecule has 0 radical (unpaired) electrons. The number of carbonyl (C=O) groups is 2. The second kappa shape index (κ2) is 6.95. The number of carboxylic acids is 1. The summed E-state index contributed by atoms with van der Waals surface area (Å²) in [5, 5.41) is 13.0. The number of para-hydroxylation sites is 2. The number of oxazole rings is 1. The van der Waals surface area contributed by atoms with E-state index in [4.69, 9.17) is 4.42 Å². The SMILES string of the molecule is O=C([O-])CCCC(=O)Nc1ccc(-c2nc3ccccc3o2)cc1. The van der Waals surface area contributed by atoms with Gasteiger partial charge in [-0.15, -0.1) is 0 Å². The summed E-state index contributed by atoms with van der Waals surface area (Å²) in [4.78, 5) is 26.4. The van der Waals surface area contributed by atoms with Crippen LogP contribution in [0.5, 0.6) is 0 Å². The Bertz CT molecular complexity index is 835. The molecule has 1 heterocycles. The molecule has 0 saturated heterocycles. The predicted molar refractivity (Wildman–Crippen MR) is 86.9 cm³/mol. The molecule has 2 aromatic carbocycles. The third-order valence-corrected chi connectivity index (χ3v) is 3.49. The molecule has 6 heteroatoms. The molecule has 1 aromatic heterocycles. The third-order valence-electron chi connectivity index (χ3n) is 3.49. The summed E-state index contributed by atoms with van der Waals surface area (Å²) in [6.45, 7) is 0. The van der Waals surface area contributed by atoms with Crippen LogP contribution in [0.3, 0.4) is 0 Å². The number of carbonyl (C=O) groups excluding carboxylic acids is 2. The van der Waals surface area contributed by atoms with Gasteiger partial charge in [0.15, 0.2) is 5.58 Å². The van der Waals surface area contributed by atoms with E-state index in [1.165, 1.54) is 0 Å². The minimum atomic E-state index is -1.15. The number of hydrogen-bond donors (Lipinski definition) is 1. The maximum absolute atomic E-state index is 11.7. The van der Waals surface area contributed by atoms with Crippen LogP contribution in [-0.2, 0) is 9.59 Å². The first-order valence-corrected chi connectivity index (χ1v) is 7.57. The normalized spacial score (nSPS) is 10.7. The van der Waals surface area contributed by atoms with E-state index in [1.54, 1.807) is 12.1 Å². The van der Waals surface area contributed by atoms with Crippen molar-refractivity contribution in [3.8, 4) is 11.5 Å². The van der Waals surface area contributed by atoms with Crippen LogP contribution in [0, 0.1) is 0 Å². The molecule has 0 saturated carbocycles. The number of rotatable bonds is 6. The predicted octanol–water partition coefficient (Wildman–Crippen LogP) is 2.35. The summed E-state index contributed by atoms with van der Waals surface area (Å²) >= 11 is 0. The number of hydrogen-bond acceptors (Lipinski definition) is 5. The van der Waals surface area contributed by atoms with Crippen molar-refractivity contribution in [1.29, 1.82) is 0 Å². The van der Waals surface area contributed by atoms with Crippen LogP contribution in [-0.4, -0.2) is 16.9 Å². The number of aromatic nitrogens is 1. The molecule has 3 rings (SSSR count). The number of anilines is 1. The highest BCUT2D eigenvalue weighted by Gasteiger charge is 2.08. The van der Waals surface area contributed by atoms with Gasteiger partial charge in [-0.2, -0.15) is 0 Å². The number of fused-ring (bicyclic) bond motifs is 1. The van der Waals surface area contributed by atoms with Gasteiger partial charge in [0.1, 0.15) is 5.52 Å². The Morgan fingerprint density at radius 1 is 1.04 bits per heavy atom. The molecule has 0 bridgehead atoms. The average Bonchev–Trinajstić information content (AvgIpc) is 2.99. The van der Waals surface area contributed by atoms with E-state index >= 15 is 0 Å². The van der Waals surface area contributed by atoms with E-state index in [0.717, 1.165) is 16.7 Å². The lowest BCUT2D eigenvalue weighted by Gasteiger charge is -2.06. The van der Waals surface area contributed by atoms with Crippen molar-refractivity contribution in [2.45, 2.75) is 19.3 Å². The molecule has 1 amide bonds. The van der Waals surface area contributed by atoms with Crippen LogP contribution in [0.15, 0.2) is 52.9 Å². The highest BCUT2D eigenvalue weighted by Crippen LogP contribution is 2.25. The molecule has 6 nitrogen and oxygen atoms in total. The molecule has 0 aliphatic carbocycles. The number of carboxylic acid groups (broad SMARTS) is 1. The lowest BCUT2D eigenvalue weighted by atomic mass is 10.2. The maximum atomic E-state index is 11.7. The van der Waals surface area contributed by atoms with Crippen LogP contribution >= 0.6 is 0 Å². The monoisotopic (exact) mass is 323 g/mol. The van der Waals surface area contributed by atoms with Crippen LogP contribution in [0.2, 0.25) is 0 Å². The Morgan fingerprint density at radius 2 is 1.79 bits per heavy atom. The van der Waals surface area contributed by atoms with Crippen LogP contribution in [0.25, 0.3) is 22.6 Å². The molecule has 3 aromatic rings. The van der Waals surface area contributed by atoms with E-state index in [1.807, 2.05) is 36.4 Å². The third kappa shape index (κ3) is 3.78. The van der Waals surface area contributed by atoms with Crippen molar-refractivity contribution in [1.82, 2.24) is 4.98 Å². The first kappa shape index (κ1) is 15.7. The number of aliphatic carboxylic acids is 1. The van der Waals surface area contributed by atoms with Gasteiger partial charge in [0.2, 0.25) is 11.8 Å². The van der Waals surface area contributed by atoms with Gasteiger partial charge in [0.05, 0.1) is 0 Å². The van der Waals surface area contributed by atoms with Gasteiger partial charge in [-0.25, -0.2) is 4.98 Å². The molecule has 0 spiro atoms. The molecule has 0 aliphatic rings. The zero-order valence-corrected chi connectivity index (χ0v) is 12.8. The maximum Gasteiger partial charge on any atom is 0.227 e. The van der Waals surface area contributed by atoms with Crippen LogP contribution < -0.4 is 10.4 Å². The number of nitrogens with zero attached hydrogens (tertiary/aromatic N) is 1. The molecule has 0 fully saturated rings. The highest BCUT2D eigenvalue weighted by molar-refractivity contribution is 5.91. The molecular weight excluding hydrogens is 308 g/mol. The fourth-order valence-corrected chi connectivity index (χ4v) is 2.31. The smallest absolute Gasteiger partial charge is 0.227 e. The quantitative estimate of drug-likeness (QED) is 0.751. The summed E-state index contributed by atoms with van der Waals surface area (Å²) in [6.07, 6.45) is 0.278. The van der Waals surface area contributed by atoms with Gasteiger partial charge in [-0.1, -0.05) is 12.1 Å². The van der Waals surface area contributed by atoms with Crippen LogP contribution in [0.1, 0.15) is 19.3 Å². The van der Waals surface area contributed by atoms with Crippen molar-refractivity contribution in [3.63, 3.8) is 0 Å². The van der Waals surface area contributed by atoms with Gasteiger partial charge in [0, 0.05) is 23.6 Å². The lowest BCUT2D eigenvalue weighted by Crippen LogP contribution is -2.22. The number of nitrogens with one attached hydrogen (secondary N) is 1. The minimum Gasteiger partial charge on any atom is -0.550 e. The Balaban J connectivity index is 1.64. The summed E-state index contributed by atoms with van der Waals surface area (Å²) in [7, 11) is 0. The molecule has 0 unspecified atom stereocenters. The molecule has 0 atom stereocenters. The highest BCUT2D eigenvalue weighted by atomic mass is 16.4. The number of amides is 1. The van der Waals surface area contributed by atoms with Crippen LogP contribution in [0.4, 0.5) is 5.69 Å². The fourth-order valence-electron chi connectivity index (χ4n) is 2.31. The van der Waals surface area contributed by atoms with E-state index < -0.39 is 5.97 Å². The van der Waals surface area contributed by atoms with Gasteiger partial charge in [0.25, 0.3) is 0 Å². The topological polar surface area (TPSA) is 95.3 Å². The average molecular weight is 323 g/mol. The summed E-state index contributed by atoms with van der Waals surface area (Å²) in [5.41, 5.74) is 2.95. The van der Waals surface area contributed by atoms with Gasteiger partial charge < -0.3 is 19.6 Å².